The van der Waals surface area contributed by atoms with Crippen molar-refractivity contribution in [3.05, 3.63) is 46.1 Å². The number of hydrogen-bond donors (Lipinski definition) is 1. The Hall–Kier alpha value is -2.74. The number of nitrogens with zero attached hydrogens (tertiary/aromatic N) is 3. The molecule has 1 N–H and O–H groups in total. The lowest BCUT2D eigenvalue weighted by Crippen LogP contribution is -2.45. The third kappa shape index (κ3) is 5.27. The first-order valence-electron chi connectivity index (χ1n) is 13.1. The fourth-order valence-electron chi connectivity index (χ4n) is 5.59. The van der Waals surface area contributed by atoms with Gasteiger partial charge in [0.1, 0.15) is 5.00 Å². The van der Waals surface area contributed by atoms with Gasteiger partial charge in [-0.15, -0.1) is 11.3 Å². The Bertz CT molecular complexity index is 1070. The molecular weight excluding hydrogens is 460 g/mol. The Balaban J connectivity index is 1.30. The molecule has 2 aromatic rings. The van der Waals surface area contributed by atoms with E-state index in [0.29, 0.717) is 42.1 Å². The molecule has 2 saturated heterocycles. The normalized spacial score (nSPS) is 19.1. The van der Waals surface area contributed by atoms with Crippen molar-refractivity contribution in [1.29, 1.82) is 0 Å². The van der Waals surface area contributed by atoms with Crippen molar-refractivity contribution in [2.24, 2.45) is 5.92 Å². The number of fused-ring (bicyclic) bond motifs is 1. The summed E-state index contributed by atoms with van der Waals surface area (Å²) < 4.78 is 0. The Labute approximate surface area is 210 Å². The van der Waals surface area contributed by atoms with Gasteiger partial charge >= 0.3 is 0 Å². The molecule has 2 fully saturated rings. The second-order valence-electron chi connectivity index (χ2n) is 9.92. The van der Waals surface area contributed by atoms with Gasteiger partial charge < -0.3 is 15.1 Å². The van der Waals surface area contributed by atoms with Crippen molar-refractivity contribution < 1.29 is 14.4 Å². The van der Waals surface area contributed by atoms with E-state index < -0.39 is 0 Å². The van der Waals surface area contributed by atoms with Crippen LogP contribution in [0.2, 0.25) is 0 Å². The number of hydrogen-bond acceptors (Lipinski definition) is 5. The third-order valence-corrected chi connectivity index (χ3v) is 8.79. The number of piperidine rings is 1. The molecule has 1 aliphatic carbocycles. The molecule has 2 aliphatic heterocycles. The second kappa shape index (κ2) is 10.9. The SMILES string of the molecule is O=C(Nc1sc2c(c1C(=O)N1CCC(C(=O)N3CCCCCC3)CC1)CCCC2)c1cccnc1. The molecule has 0 bridgehead atoms. The molecule has 7 nitrogen and oxygen atoms in total. The van der Waals surface area contributed by atoms with Crippen LogP contribution < -0.4 is 5.32 Å². The second-order valence-corrected chi connectivity index (χ2v) is 11.0. The summed E-state index contributed by atoms with van der Waals surface area (Å²) >= 11 is 1.54. The Morgan fingerprint density at radius 1 is 0.914 bits per heavy atom. The van der Waals surface area contributed by atoms with Crippen molar-refractivity contribution in [3.63, 3.8) is 0 Å². The topological polar surface area (TPSA) is 82.6 Å². The van der Waals surface area contributed by atoms with Gasteiger partial charge in [-0.25, -0.2) is 0 Å². The van der Waals surface area contributed by atoms with Crippen molar-refractivity contribution in [2.75, 3.05) is 31.5 Å². The molecule has 0 spiro atoms. The zero-order valence-corrected chi connectivity index (χ0v) is 21.1. The largest absolute Gasteiger partial charge is 0.342 e. The predicted molar refractivity (Wildman–Crippen MR) is 137 cm³/mol. The summed E-state index contributed by atoms with van der Waals surface area (Å²) in [5.41, 5.74) is 2.25. The minimum Gasteiger partial charge on any atom is -0.342 e. The van der Waals surface area contributed by atoms with E-state index in [1.54, 1.807) is 29.7 Å². The molecule has 0 unspecified atom stereocenters. The minimum atomic E-state index is -0.243. The third-order valence-electron chi connectivity index (χ3n) is 7.59. The van der Waals surface area contributed by atoms with Crippen LogP contribution in [0.25, 0.3) is 0 Å². The van der Waals surface area contributed by atoms with Gasteiger partial charge in [0.25, 0.3) is 11.8 Å². The molecule has 3 amide bonds. The van der Waals surface area contributed by atoms with Gasteiger partial charge in [-0.1, -0.05) is 12.8 Å². The van der Waals surface area contributed by atoms with Gasteiger partial charge in [-0.05, 0) is 69.1 Å². The monoisotopic (exact) mass is 494 g/mol. The fourth-order valence-corrected chi connectivity index (χ4v) is 6.87. The zero-order valence-electron chi connectivity index (χ0n) is 20.3. The van der Waals surface area contributed by atoms with Crippen LogP contribution >= 0.6 is 11.3 Å². The molecule has 2 aromatic heterocycles. The summed E-state index contributed by atoms with van der Waals surface area (Å²) in [6.07, 6.45) is 13.2. The number of likely N-dealkylation sites (tertiary alicyclic amines) is 2. The highest BCUT2D eigenvalue weighted by Gasteiger charge is 2.34. The average Bonchev–Trinajstić information content (AvgIpc) is 3.05. The molecular formula is C27H34N4O3S. The average molecular weight is 495 g/mol. The van der Waals surface area contributed by atoms with Crippen LogP contribution in [0.3, 0.4) is 0 Å². The number of carbonyl (C=O) groups excluding carboxylic acids is 3. The highest BCUT2D eigenvalue weighted by molar-refractivity contribution is 7.17. The van der Waals surface area contributed by atoms with Crippen molar-refractivity contribution in [3.8, 4) is 0 Å². The quantitative estimate of drug-likeness (QED) is 0.677. The minimum absolute atomic E-state index is 0.00782. The highest BCUT2D eigenvalue weighted by Crippen LogP contribution is 2.39. The molecule has 0 saturated carbocycles. The van der Waals surface area contributed by atoms with Crippen LogP contribution in [-0.4, -0.2) is 58.7 Å². The smallest absolute Gasteiger partial charge is 0.257 e. The number of amides is 3. The summed E-state index contributed by atoms with van der Waals surface area (Å²) in [5.74, 6) is 0.0358. The number of aromatic nitrogens is 1. The number of nitrogens with one attached hydrogen (secondary N) is 1. The first-order chi connectivity index (χ1) is 17.1. The van der Waals surface area contributed by atoms with Gasteiger partial charge in [0, 0.05) is 49.4 Å². The number of thiophene rings is 1. The maximum atomic E-state index is 13.8. The van der Waals surface area contributed by atoms with E-state index in [2.05, 4.69) is 15.2 Å². The number of rotatable bonds is 4. The van der Waals surface area contributed by atoms with Gasteiger partial charge in [-0.3, -0.25) is 19.4 Å². The van der Waals surface area contributed by atoms with E-state index in [9.17, 15) is 14.4 Å². The number of pyridine rings is 1. The molecule has 186 valence electrons. The highest BCUT2D eigenvalue weighted by atomic mass is 32.1. The summed E-state index contributed by atoms with van der Waals surface area (Å²) in [6.45, 7) is 2.92. The predicted octanol–water partition coefficient (Wildman–Crippen LogP) is 4.53. The Morgan fingerprint density at radius 2 is 1.66 bits per heavy atom. The molecule has 4 heterocycles. The first-order valence-corrected chi connectivity index (χ1v) is 13.9. The van der Waals surface area contributed by atoms with Gasteiger partial charge in [-0.2, -0.15) is 0 Å². The number of carbonyl (C=O) groups is 3. The van der Waals surface area contributed by atoms with Crippen LogP contribution in [0, 0.1) is 5.92 Å². The molecule has 3 aliphatic rings. The maximum Gasteiger partial charge on any atom is 0.257 e. The van der Waals surface area contributed by atoms with Crippen molar-refractivity contribution >= 4 is 34.1 Å². The fraction of sp³-hybridized carbons (Fsp3) is 0.556. The van der Waals surface area contributed by atoms with Gasteiger partial charge in [0.15, 0.2) is 0 Å². The van der Waals surface area contributed by atoms with Gasteiger partial charge in [0.2, 0.25) is 5.91 Å². The van der Waals surface area contributed by atoms with Gasteiger partial charge in [0.05, 0.1) is 11.1 Å². The van der Waals surface area contributed by atoms with E-state index in [0.717, 1.165) is 57.2 Å². The van der Waals surface area contributed by atoms with E-state index in [-0.39, 0.29) is 23.6 Å². The zero-order chi connectivity index (χ0) is 24.2. The molecule has 0 radical (unpaired) electrons. The molecule has 5 rings (SSSR count). The number of aryl methyl sites for hydroxylation is 1. The molecule has 35 heavy (non-hydrogen) atoms. The summed E-state index contributed by atoms with van der Waals surface area (Å²) in [5, 5.41) is 3.66. The van der Waals surface area contributed by atoms with E-state index in [1.165, 1.54) is 23.9 Å². The summed E-state index contributed by atoms with van der Waals surface area (Å²) in [4.78, 5) is 48.9. The lowest BCUT2D eigenvalue weighted by atomic mass is 9.92. The Morgan fingerprint density at radius 3 is 2.37 bits per heavy atom. The lowest BCUT2D eigenvalue weighted by Gasteiger charge is -2.34. The Kier molecular flexibility index (Phi) is 7.46. The number of anilines is 1. The van der Waals surface area contributed by atoms with E-state index in [1.807, 2.05) is 4.90 Å². The van der Waals surface area contributed by atoms with Crippen LogP contribution in [0.15, 0.2) is 24.5 Å². The van der Waals surface area contributed by atoms with Crippen LogP contribution in [0.5, 0.6) is 0 Å². The summed E-state index contributed by atoms with van der Waals surface area (Å²) in [6, 6.07) is 3.46. The standard InChI is InChI=1S/C27H34N4O3S/c32-24(20-8-7-13-28-18-20)29-25-23(21-9-3-4-10-22(21)35-25)27(34)31-16-11-19(12-17-31)26(33)30-14-5-1-2-6-15-30/h7-8,13,18-19H,1-6,9-12,14-17H2,(H,29,32). The molecule has 0 atom stereocenters. The van der Waals surface area contributed by atoms with Crippen LogP contribution in [-0.2, 0) is 17.6 Å². The lowest BCUT2D eigenvalue weighted by molar-refractivity contribution is -0.136. The van der Waals surface area contributed by atoms with Crippen molar-refractivity contribution in [2.45, 2.75) is 64.2 Å². The first kappa shape index (κ1) is 24.0. The van der Waals surface area contributed by atoms with E-state index in [4.69, 9.17) is 0 Å². The molecule has 8 heteroatoms. The summed E-state index contributed by atoms with van der Waals surface area (Å²) in [7, 11) is 0. The maximum absolute atomic E-state index is 13.8. The van der Waals surface area contributed by atoms with E-state index >= 15 is 0 Å². The van der Waals surface area contributed by atoms with Crippen molar-refractivity contribution in [1.82, 2.24) is 14.8 Å². The van der Waals surface area contributed by atoms with Crippen LogP contribution in [0.4, 0.5) is 5.00 Å². The van der Waals surface area contributed by atoms with Crippen LogP contribution in [0.1, 0.15) is 82.5 Å². The molecule has 0 aromatic carbocycles.